The Labute approximate surface area is 123 Å². The lowest BCUT2D eigenvalue weighted by Gasteiger charge is -2.16. The van der Waals surface area contributed by atoms with Gasteiger partial charge in [-0.15, -0.1) is 0 Å². The molecule has 0 saturated carbocycles. The van der Waals surface area contributed by atoms with Crippen molar-refractivity contribution in [1.29, 1.82) is 0 Å². The van der Waals surface area contributed by atoms with Crippen LogP contribution in [0.15, 0.2) is 53.7 Å². The van der Waals surface area contributed by atoms with Gasteiger partial charge in [0.1, 0.15) is 0 Å². The minimum atomic E-state index is 0.0810. The molecule has 1 amide bonds. The molecule has 1 heterocycles. The Balaban J connectivity index is 1.83. The molecule has 0 radical (unpaired) electrons. The summed E-state index contributed by atoms with van der Waals surface area (Å²) >= 11 is 1.42. The first kappa shape index (κ1) is 14.4. The molecule has 0 saturated heterocycles. The van der Waals surface area contributed by atoms with Crippen molar-refractivity contribution in [3.63, 3.8) is 0 Å². The van der Waals surface area contributed by atoms with Gasteiger partial charge in [-0.3, -0.25) is 4.79 Å². The molecule has 5 heteroatoms. The number of rotatable bonds is 5. The number of hydrogen-bond donors (Lipinski definition) is 1. The lowest BCUT2D eigenvalue weighted by molar-refractivity contribution is -0.127. The Morgan fingerprint density at radius 1 is 1.25 bits per heavy atom. The van der Waals surface area contributed by atoms with Gasteiger partial charge in [0.25, 0.3) is 0 Å². The maximum Gasteiger partial charge on any atom is 0.233 e. The van der Waals surface area contributed by atoms with E-state index in [0.717, 1.165) is 10.6 Å². The van der Waals surface area contributed by atoms with E-state index in [2.05, 4.69) is 4.98 Å². The van der Waals surface area contributed by atoms with Crippen molar-refractivity contribution in [3.8, 4) is 0 Å². The minimum absolute atomic E-state index is 0.0810. The van der Waals surface area contributed by atoms with E-state index >= 15 is 0 Å². The average molecular weight is 287 g/mol. The van der Waals surface area contributed by atoms with Crippen LogP contribution >= 0.6 is 11.8 Å². The number of pyridine rings is 1. The van der Waals surface area contributed by atoms with Crippen molar-refractivity contribution in [2.45, 2.75) is 11.6 Å². The lowest BCUT2D eigenvalue weighted by Crippen LogP contribution is -2.27. The number of nitrogens with two attached hydrogens (primary N) is 1. The number of thioether (sulfide) groups is 1. The molecule has 0 spiro atoms. The van der Waals surface area contributed by atoms with Crippen LogP contribution in [-0.4, -0.2) is 28.6 Å². The van der Waals surface area contributed by atoms with Gasteiger partial charge in [0.2, 0.25) is 5.91 Å². The molecule has 104 valence electrons. The highest BCUT2D eigenvalue weighted by Gasteiger charge is 2.10. The van der Waals surface area contributed by atoms with E-state index in [1.165, 1.54) is 11.8 Å². The summed E-state index contributed by atoms with van der Waals surface area (Å²) < 4.78 is 0. The van der Waals surface area contributed by atoms with Crippen molar-refractivity contribution < 1.29 is 4.79 Å². The zero-order valence-corrected chi connectivity index (χ0v) is 12.1. The quantitative estimate of drug-likeness (QED) is 0.858. The molecule has 0 atom stereocenters. The Kier molecular flexibility index (Phi) is 5.01. The Bertz CT molecular complexity index is 557. The second kappa shape index (κ2) is 6.96. The summed E-state index contributed by atoms with van der Waals surface area (Å²) in [6.45, 7) is 0.620. The molecular formula is C15H17N3OS. The number of amides is 1. The van der Waals surface area contributed by atoms with E-state index in [0.29, 0.717) is 18.0 Å². The predicted molar refractivity (Wildman–Crippen MR) is 82.3 cm³/mol. The topological polar surface area (TPSA) is 59.2 Å². The van der Waals surface area contributed by atoms with Gasteiger partial charge in [0.15, 0.2) is 0 Å². The number of nitrogen functional groups attached to an aromatic ring is 1. The molecule has 1 aromatic carbocycles. The van der Waals surface area contributed by atoms with Crippen LogP contribution in [0.25, 0.3) is 0 Å². The summed E-state index contributed by atoms with van der Waals surface area (Å²) in [5, 5.41) is 0.806. The molecule has 0 aliphatic heterocycles. The summed E-state index contributed by atoms with van der Waals surface area (Å²) in [6, 6.07) is 13.5. The highest BCUT2D eigenvalue weighted by molar-refractivity contribution is 7.99. The van der Waals surface area contributed by atoms with Gasteiger partial charge in [-0.25, -0.2) is 4.98 Å². The van der Waals surface area contributed by atoms with Gasteiger partial charge in [-0.2, -0.15) is 0 Å². The second-order valence-corrected chi connectivity index (χ2v) is 5.45. The standard InChI is InChI=1S/C15H17N3OS/c1-18(10-12-5-3-2-4-6-12)15(19)11-20-14-8-7-13(16)9-17-14/h2-9H,10-11,16H2,1H3. The van der Waals surface area contributed by atoms with E-state index in [-0.39, 0.29) is 5.91 Å². The number of hydrogen-bond acceptors (Lipinski definition) is 4. The first-order valence-corrected chi connectivity index (χ1v) is 7.26. The monoisotopic (exact) mass is 287 g/mol. The van der Waals surface area contributed by atoms with Gasteiger partial charge in [-0.1, -0.05) is 42.1 Å². The van der Waals surface area contributed by atoms with Gasteiger partial charge in [-0.05, 0) is 17.7 Å². The van der Waals surface area contributed by atoms with Crippen LogP contribution < -0.4 is 5.73 Å². The van der Waals surface area contributed by atoms with Crippen LogP contribution in [0, 0.1) is 0 Å². The maximum absolute atomic E-state index is 12.0. The minimum Gasteiger partial charge on any atom is -0.397 e. The van der Waals surface area contributed by atoms with E-state index < -0.39 is 0 Å². The Morgan fingerprint density at radius 3 is 2.65 bits per heavy atom. The molecule has 2 aromatic rings. The smallest absolute Gasteiger partial charge is 0.233 e. The highest BCUT2D eigenvalue weighted by Crippen LogP contribution is 2.16. The van der Waals surface area contributed by atoms with Gasteiger partial charge < -0.3 is 10.6 Å². The van der Waals surface area contributed by atoms with Crippen LogP contribution in [0.3, 0.4) is 0 Å². The second-order valence-electron chi connectivity index (χ2n) is 4.45. The molecule has 0 fully saturated rings. The summed E-state index contributed by atoms with van der Waals surface area (Å²) in [5.41, 5.74) is 7.32. The highest BCUT2D eigenvalue weighted by atomic mass is 32.2. The third-order valence-corrected chi connectivity index (χ3v) is 3.72. The van der Waals surface area contributed by atoms with Gasteiger partial charge >= 0.3 is 0 Å². The molecule has 1 aromatic heterocycles. The van der Waals surface area contributed by atoms with E-state index in [4.69, 9.17) is 5.73 Å². The zero-order valence-electron chi connectivity index (χ0n) is 11.3. The molecule has 2 rings (SSSR count). The zero-order chi connectivity index (χ0) is 14.4. The number of carbonyl (C=O) groups is 1. The van der Waals surface area contributed by atoms with Crippen molar-refractivity contribution in [1.82, 2.24) is 9.88 Å². The summed E-state index contributed by atoms with van der Waals surface area (Å²) in [7, 11) is 1.81. The van der Waals surface area contributed by atoms with Gasteiger partial charge in [0.05, 0.1) is 22.7 Å². The number of aromatic nitrogens is 1. The lowest BCUT2D eigenvalue weighted by atomic mass is 10.2. The number of benzene rings is 1. The Morgan fingerprint density at radius 2 is 2.00 bits per heavy atom. The number of nitrogens with zero attached hydrogens (tertiary/aromatic N) is 2. The fraction of sp³-hybridized carbons (Fsp3) is 0.200. The van der Waals surface area contributed by atoms with E-state index in [9.17, 15) is 4.79 Å². The summed E-state index contributed by atoms with van der Waals surface area (Å²) in [6.07, 6.45) is 1.60. The molecular weight excluding hydrogens is 270 g/mol. The average Bonchev–Trinajstić information content (AvgIpc) is 2.47. The van der Waals surface area contributed by atoms with Crippen LogP contribution in [0.1, 0.15) is 5.56 Å². The molecule has 20 heavy (non-hydrogen) atoms. The first-order chi connectivity index (χ1) is 9.65. The molecule has 2 N–H and O–H groups in total. The normalized spacial score (nSPS) is 10.2. The third-order valence-electron chi connectivity index (χ3n) is 2.79. The fourth-order valence-electron chi connectivity index (χ4n) is 1.67. The van der Waals surface area contributed by atoms with Crippen molar-refractivity contribution in [3.05, 3.63) is 54.2 Å². The number of carbonyl (C=O) groups excluding carboxylic acids is 1. The molecule has 0 aliphatic rings. The molecule has 0 aliphatic carbocycles. The SMILES string of the molecule is CN(Cc1ccccc1)C(=O)CSc1ccc(N)cn1. The maximum atomic E-state index is 12.0. The Hall–Kier alpha value is -2.01. The first-order valence-electron chi connectivity index (χ1n) is 6.27. The van der Waals surface area contributed by atoms with Crippen LogP contribution in [0.2, 0.25) is 0 Å². The molecule has 0 bridgehead atoms. The van der Waals surface area contributed by atoms with E-state index in [1.807, 2.05) is 43.4 Å². The predicted octanol–water partition coefficient (Wildman–Crippen LogP) is 2.41. The third kappa shape index (κ3) is 4.28. The van der Waals surface area contributed by atoms with Crippen molar-refractivity contribution in [2.24, 2.45) is 0 Å². The van der Waals surface area contributed by atoms with Crippen LogP contribution in [0.5, 0.6) is 0 Å². The number of anilines is 1. The largest absolute Gasteiger partial charge is 0.397 e. The molecule has 0 unspecified atom stereocenters. The van der Waals surface area contributed by atoms with E-state index in [1.54, 1.807) is 17.2 Å². The summed E-state index contributed by atoms with van der Waals surface area (Å²) in [4.78, 5) is 17.9. The molecule has 4 nitrogen and oxygen atoms in total. The van der Waals surface area contributed by atoms with Crippen LogP contribution in [0.4, 0.5) is 5.69 Å². The van der Waals surface area contributed by atoms with Crippen molar-refractivity contribution in [2.75, 3.05) is 18.5 Å². The van der Waals surface area contributed by atoms with Crippen molar-refractivity contribution >= 4 is 23.4 Å². The van der Waals surface area contributed by atoms with Gasteiger partial charge in [0, 0.05) is 13.6 Å². The summed E-state index contributed by atoms with van der Waals surface area (Å²) in [5.74, 6) is 0.456. The fourth-order valence-corrected chi connectivity index (χ4v) is 2.45. The van der Waals surface area contributed by atoms with Crippen LogP contribution in [-0.2, 0) is 11.3 Å².